The van der Waals surface area contributed by atoms with Gasteiger partial charge in [-0.25, -0.2) is 4.68 Å². The predicted molar refractivity (Wildman–Crippen MR) is 41.0 cm³/mol. The molecule has 0 aliphatic heterocycles. The Morgan fingerprint density at radius 3 is 3.18 bits per heavy atom. The van der Waals surface area contributed by atoms with E-state index in [4.69, 9.17) is 4.74 Å². The molecule has 0 aliphatic rings. The van der Waals surface area contributed by atoms with Crippen LogP contribution >= 0.6 is 0 Å². The molecule has 1 aromatic rings. The molecule has 4 heteroatoms. The summed E-state index contributed by atoms with van der Waals surface area (Å²) in [6, 6.07) is 0. The van der Waals surface area contributed by atoms with Crippen molar-refractivity contribution in [2.24, 2.45) is 0 Å². The average Bonchev–Trinajstić information content (AvgIpc) is 2.47. The molecule has 0 bridgehead atoms. The number of hydrogen-bond acceptors (Lipinski definition) is 3. The maximum Gasteiger partial charge on any atom is 0.0725 e. The number of methoxy groups -OCH3 is 1. The highest BCUT2D eigenvalue weighted by atomic mass is 16.5. The zero-order valence-electron chi connectivity index (χ0n) is 6.66. The topological polar surface area (TPSA) is 39.9 Å². The molecular formula is C7H12N3O. The Hall–Kier alpha value is -0.900. The Morgan fingerprint density at radius 1 is 1.73 bits per heavy atom. The Balaban J connectivity index is 2.54. The van der Waals surface area contributed by atoms with Crippen LogP contribution in [0.25, 0.3) is 0 Å². The van der Waals surface area contributed by atoms with Crippen molar-refractivity contribution < 1.29 is 4.74 Å². The molecule has 0 fully saturated rings. The fourth-order valence-corrected chi connectivity index (χ4v) is 0.839. The van der Waals surface area contributed by atoms with Crippen LogP contribution in [-0.2, 0) is 17.7 Å². The van der Waals surface area contributed by atoms with Gasteiger partial charge in [-0.2, -0.15) is 0 Å². The van der Waals surface area contributed by atoms with Crippen LogP contribution in [-0.4, -0.2) is 28.7 Å². The lowest BCUT2D eigenvalue weighted by Crippen LogP contribution is -2.08. The summed E-state index contributed by atoms with van der Waals surface area (Å²) in [5.41, 5.74) is 1.04. The fourth-order valence-electron chi connectivity index (χ4n) is 0.839. The Kier molecular flexibility index (Phi) is 3.04. The first-order valence-corrected chi connectivity index (χ1v) is 3.54. The molecule has 1 radical (unpaired) electrons. The van der Waals surface area contributed by atoms with Crippen molar-refractivity contribution in [2.75, 3.05) is 13.7 Å². The minimum Gasteiger partial charge on any atom is -0.383 e. The van der Waals surface area contributed by atoms with Gasteiger partial charge < -0.3 is 4.74 Å². The normalized spacial score (nSPS) is 10.4. The van der Waals surface area contributed by atoms with Crippen molar-refractivity contribution in [1.29, 1.82) is 0 Å². The summed E-state index contributed by atoms with van der Waals surface area (Å²) >= 11 is 0. The van der Waals surface area contributed by atoms with Crippen LogP contribution in [0.3, 0.4) is 0 Å². The van der Waals surface area contributed by atoms with Gasteiger partial charge in [-0.3, -0.25) is 0 Å². The molecule has 1 rings (SSSR count). The first-order chi connectivity index (χ1) is 5.38. The second-order valence-electron chi connectivity index (χ2n) is 2.19. The number of ether oxygens (including phenoxy) is 1. The number of aromatic nitrogens is 3. The fraction of sp³-hybridized carbons (Fsp3) is 0.571. The number of hydrogen-bond donors (Lipinski definition) is 0. The molecule has 4 nitrogen and oxygen atoms in total. The average molecular weight is 154 g/mol. The van der Waals surface area contributed by atoms with Gasteiger partial charge in [0.05, 0.1) is 25.0 Å². The van der Waals surface area contributed by atoms with Crippen molar-refractivity contribution in [3.05, 3.63) is 18.8 Å². The second kappa shape index (κ2) is 4.08. The van der Waals surface area contributed by atoms with E-state index >= 15 is 0 Å². The maximum atomic E-state index is 4.91. The standard InChI is InChI=1S/C7H12N3O/c1-3-7-6-8-9-10(7)4-5-11-2/h6H,1,3-5H2,2H3. The summed E-state index contributed by atoms with van der Waals surface area (Å²) in [5, 5.41) is 7.63. The van der Waals surface area contributed by atoms with E-state index in [1.165, 1.54) is 0 Å². The Morgan fingerprint density at radius 2 is 2.55 bits per heavy atom. The second-order valence-corrected chi connectivity index (χ2v) is 2.19. The van der Waals surface area contributed by atoms with Gasteiger partial charge in [0.1, 0.15) is 0 Å². The van der Waals surface area contributed by atoms with Crippen molar-refractivity contribution in [2.45, 2.75) is 13.0 Å². The molecule has 0 amide bonds. The molecule has 0 spiro atoms. The first-order valence-electron chi connectivity index (χ1n) is 3.54. The zero-order chi connectivity index (χ0) is 8.10. The Bertz CT molecular complexity index is 209. The van der Waals surface area contributed by atoms with E-state index in [2.05, 4.69) is 17.2 Å². The highest BCUT2D eigenvalue weighted by Gasteiger charge is 1.99. The van der Waals surface area contributed by atoms with Crippen molar-refractivity contribution in [3.63, 3.8) is 0 Å². The molecule has 1 aromatic heterocycles. The lowest BCUT2D eigenvalue weighted by atomic mass is 10.4. The summed E-state index contributed by atoms with van der Waals surface area (Å²) in [6.45, 7) is 5.17. The van der Waals surface area contributed by atoms with E-state index in [9.17, 15) is 0 Å². The molecule has 1 heterocycles. The summed E-state index contributed by atoms with van der Waals surface area (Å²) < 4.78 is 6.71. The summed E-state index contributed by atoms with van der Waals surface area (Å²) in [5.74, 6) is 0. The molecule has 0 N–H and O–H groups in total. The van der Waals surface area contributed by atoms with E-state index in [0.717, 1.165) is 18.7 Å². The summed E-state index contributed by atoms with van der Waals surface area (Å²) in [7, 11) is 1.67. The van der Waals surface area contributed by atoms with Crippen LogP contribution in [0.4, 0.5) is 0 Å². The van der Waals surface area contributed by atoms with E-state index in [1.807, 2.05) is 0 Å². The van der Waals surface area contributed by atoms with Gasteiger partial charge in [-0.1, -0.05) is 5.21 Å². The van der Waals surface area contributed by atoms with Gasteiger partial charge in [0.25, 0.3) is 0 Å². The summed E-state index contributed by atoms with van der Waals surface area (Å²) in [6.07, 6.45) is 2.44. The van der Waals surface area contributed by atoms with Crippen molar-refractivity contribution in [3.8, 4) is 0 Å². The van der Waals surface area contributed by atoms with E-state index < -0.39 is 0 Å². The third-order valence-corrected chi connectivity index (χ3v) is 1.46. The number of rotatable bonds is 4. The SMILES string of the molecule is [CH2]Cc1cnnn1CCOC. The van der Waals surface area contributed by atoms with Crippen LogP contribution in [0.2, 0.25) is 0 Å². The monoisotopic (exact) mass is 154 g/mol. The molecule has 0 saturated carbocycles. The summed E-state index contributed by atoms with van der Waals surface area (Å²) in [4.78, 5) is 0. The molecule has 0 aromatic carbocycles. The molecule has 0 atom stereocenters. The maximum absolute atomic E-state index is 4.91. The molecule has 61 valence electrons. The molecule has 0 saturated heterocycles. The van der Waals surface area contributed by atoms with Gasteiger partial charge >= 0.3 is 0 Å². The molecular weight excluding hydrogens is 142 g/mol. The highest BCUT2D eigenvalue weighted by molar-refractivity contribution is 4.94. The quantitative estimate of drug-likeness (QED) is 0.626. The van der Waals surface area contributed by atoms with E-state index in [0.29, 0.717) is 6.61 Å². The van der Waals surface area contributed by atoms with Crippen LogP contribution in [0.5, 0.6) is 0 Å². The van der Waals surface area contributed by atoms with Gasteiger partial charge in [0.2, 0.25) is 0 Å². The number of nitrogens with zero attached hydrogens (tertiary/aromatic N) is 3. The van der Waals surface area contributed by atoms with Gasteiger partial charge in [0, 0.05) is 7.11 Å². The Labute approximate surface area is 66.2 Å². The third kappa shape index (κ3) is 2.01. The van der Waals surface area contributed by atoms with Crippen molar-refractivity contribution >= 4 is 0 Å². The molecule has 0 unspecified atom stereocenters. The van der Waals surface area contributed by atoms with Crippen LogP contribution in [0.1, 0.15) is 5.69 Å². The molecule has 11 heavy (non-hydrogen) atoms. The minimum absolute atomic E-state index is 0.663. The van der Waals surface area contributed by atoms with E-state index in [1.54, 1.807) is 18.0 Å². The van der Waals surface area contributed by atoms with Gasteiger partial charge in [-0.15, -0.1) is 5.10 Å². The minimum atomic E-state index is 0.663. The van der Waals surface area contributed by atoms with Gasteiger partial charge in [-0.05, 0) is 13.3 Å². The predicted octanol–water partition coefficient (Wildman–Crippen LogP) is 0.301. The molecule has 0 aliphatic carbocycles. The first kappa shape index (κ1) is 8.20. The lowest BCUT2D eigenvalue weighted by molar-refractivity contribution is 0.182. The van der Waals surface area contributed by atoms with Gasteiger partial charge in [0.15, 0.2) is 0 Å². The van der Waals surface area contributed by atoms with Crippen LogP contribution in [0, 0.1) is 6.92 Å². The largest absolute Gasteiger partial charge is 0.383 e. The smallest absolute Gasteiger partial charge is 0.0725 e. The van der Waals surface area contributed by atoms with Crippen LogP contribution < -0.4 is 0 Å². The van der Waals surface area contributed by atoms with Crippen LogP contribution in [0.15, 0.2) is 6.20 Å². The highest BCUT2D eigenvalue weighted by Crippen LogP contribution is 1.95. The lowest BCUT2D eigenvalue weighted by Gasteiger charge is -2.01. The van der Waals surface area contributed by atoms with Crippen molar-refractivity contribution in [1.82, 2.24) is 15.0 Å². The van der Waals surface area contributed by atoms with E-state index in [-0.39, 0.29) is 0 Å². The third-order valence-electron chi connectivity index (χ3n) is 1.46. The zero-order valence-corrected chi connectivity index (χ0v) is 6.66.